The van der Waals surface area contributed by atoms with Gasteiger partial charge < -0.3 is 15.8 Å². The predicted molar refractivity (Wildman–Crippen MR) is 64.4 cm³/mol. The van der Waals surface area contributed by atoms with E-state index in [0.29, 0.717) is 13.0 Å². The Morgan fingerprint density at radius 2 is 2.00 bits per heavy atom. The van der Waals surface area contributed by atoms with Gasteiger partial charge in [-0.3, -0.25) is 9.59 Å². The van der Waals surface area contributed by atoms with Gasteiger partial charge in [0.25, 0.3) is 0 Å². The second-order valence-electron chi connectivity index (χ2n) is 3.87. The summed E-state index contributed by atoms with van der Waals surface area (Å²) in [7, 11) is 2.71. The Morgan fingerprint density at radius 1 is 1.33 bits per heavy atom. The molecule has 2 atom stereocenters. The van der Waals surface area contributed by atoms with Gasteiger partial charge in [0.2, 0.25) is 5.91 Å². The van der Waals surface area contributed by atoms with Gasteiger partial charge in [-0.05, 0) is 6.42 Å². The third-order valence-electron chi connectivity index (χ3n) is 2.51. The Bertz CT molecular complexity index is 260. The van der Waals surface area contributed by atoms with Crippen LogP contribution in [0.2, 0.25) is 0 Å². The normalized spacial score (nSPS) is 13.9. The highest BCUT2D eigenvalue weighted by Crippen LogP contribution is 2.05. The minimum Gasteiger partial charge on any atom is -0.469 e. The topological polar surface area (TPSA) is 99.9 Å². The van der Waals surface area contributed by atoms with E-state index < -0.39 is 11.9 Å². The molecule has 0 aromatic rings. The Hall–Kier alpha value is -1.18. The van der Waals surface area contributed by atoms with Crippen LogP contribution in [0.1, 0.15) is 19.8 Å². The number of hydrogen-bond acceptors (Lipinski definition) is 6. The molecule has 0 aromatic heterocycles. The van der Waals surface area contributed by atoms with Gasteiger partial charge in [-0.25, -0.2) is 9.78 Å². The molecule has 18 heavy (non-hydrogen) atoms. The Morgan fingerprint density at radius 3 is 2.44 bits per heavy atom. The van der Waals surface area contributed by atoms with Gasteiger partial charge in [-0.15, -0.1) is 0 Å². The van der Waals surface area contributed by atoms with Gasteiger partial charge in [0.05, 0.1) is 33.3 Å². The van der Waals surface area contributed by atoms with Crippen molar-refractivity contribution in [1.82, 2.24) is 5.32 Å². The molecule has 0 saturated carbocycles. The van der Waals surface area contributed by atoms with E-state index in [1.54, 1.807) is 0 Å². The van der Waals surface area contributed by atoms with Crippen molar-refractivity contribution in [3.63, 3.8) is 0 Å². The SMILES string of the molecule is CC[C@H](NCC(COOC)CC(=O)OC)C(N)=O. The molecule has 1 unspecified atom stereocenters. The van der Waals surface area contributed by atoms with Crippen LogP contribution in [0.25, 0.3) is 0 Å². The lowest BCUT2D eigenvalue weighted by atomic mass is 10.1. The molecule has 0 radical (unpaired) electrons. The lowest BCUT2D eigenvalue weighted by Gasteiger charge is -2.19. The van der Waals surface area contributed by atoms with Crippen LogP contribution in [-0.2, 0) is 24.1 Å². The average molecular weight is 262 g/mol. The number of hydrogen-bond donors (Lipinski definition) is 2. The third-order valence-corrected chi connectivity index (χ3v) is 2.51. The highest BCUT2D eigenvalue weighted by Gasteiger charge is 2.18. The zero-order valence-corrected chi connectivity index (χ0v) is 11.1. The molecular weight excluding hydrogens is 240 g/mol. The summed E-state index contributed by atoms with van der Waals surface area (Å²) in [5.74, 6) is -0.901. The minimum atomic E-state index is -0.415. The second-order valence-corrected chi connectivity index (χ2v) is 3.87. The fourth-order valence-corrected chi connectivity index (χ4v) is 1.43. The predicted octanol–water partition coefficient (Wildman–Crippen LogP) is -0.403. The molecule has 0 heterocycles. The molecule has 106 valence electrons. The van der Waals surface area contributed by atoms with E-state index in [1.165, 1.54) is 14.2 Å². The van der Waals surface area contributed by atoms with Gasteiger partial charge in [0.15, 0.2) is 0 Å². The fraction of sp³-hybridized carbons (Fsp3) is 0.818. The summed E-state index contributed by atoms with van der Waals surface area (Å²) < 4.78 is 4.59. The maximum Gasteiger partial charge on any atom is 0.305 e. The van der Waals surface area contributed by atoms with Crippen LogP contribution in [0, 0.1) is 5.92 Å². The summed E-state index contributed by atoms with van der Waals surface area (Å²) in [5, 5.41) is 2.99. The quantitative estimate of drug-likeness (QED) is 0.315. The molecule has 0 aliphatic heterocycles. The van der Waals surface area contributed by atoms with E-state index in [-0.39, 0.29) is 24.9 Å². The van der Waals surface area contributed by atoms with E-state index in [9.17, 15) is 9.59 Å². The maximum atomic E-state index is 11.2. The molecule has 0 aliphatic carbocycles. The van der Waals surface area contributed by atoms with Crippen molar-refractivity contribution in [2.24, 2.45) is 11.7 Å². The molecule has 0 aromatic carbocycles. The number of ether oxygens (including phenoxy) is 1. The van der Waals surface area contributed by atoms with Crippen molar-refractivity contribution in [2.75, 3.05) is 27.4 Å². The van der Waals surface area contributed by atoms with Crippen molar-refractivity contribution < 1.29 is 24.1 Å². The number of nitrogens with one attached hydrogen (secondary N) is 1. The van der Waals surface area contributed by atoms with Crippen LogP contribution < -0.4 is 11.1 Å². The number of nitrogens with two attached hydrogens (primary N) is 1. The summed E-state index contributed by atoms with van der Waals surface area (Å²) in [5.41, 5.74) is 5.21. The van der Waals surface area contributed by atoms with Crippen LogP contribution >= 0.6 is 0 Å². The van der Waals surface area contributed by atoms with Crippen LogP contribution in [0.4, 0.5) is 0 Å². The van der Waals surface area contributed by atoms with E-state index in [2.05, 4.69) is 14.9 Å². The summed E-state index contributed by atoms with van der Waals surface area (Å²) in [6.45, 7) is 2.50. The zero-order valence-electron chi connectivity index (χ0n) is 11.1. The first-order valence-electron chi connectivity index (χ1n) is 5.80. The van der Waals surface area contributed by atoms with Gasteiger partial charge >= 0.3 is 5.97 Å². The first-order valence-corrected chi connectivity index (χ1v) is 5.80. The lowest BCUT2D eigenvalue weighted by molar-refractivity contribution is -0.279. The van der Waals surface area contributed by atoms with Crippen LogP contribution in [0.3, 0.4) is 0 Å². The van der Waals surface area contributed by atoms with Crippen molar-refractivity contribution >= 4 is 11.9 Å². The third kappa shape index (κ3) is 7.21. The van der Waals surface area contributed by atoms with E-state index in [0.717, 1.165) is 0 Å². The maximum absolute atomic E-state index is 11.2. The van der Waals surface area contributed by atoms with Crippen molar-refractivity contribution in [1.29, 1.82) is 0 Å². The molecule has 0 rings (SSSR count). The highest BCUT2D eigenvalue weighted by atomic mass is 17.2. The zero-order chi connectivity index (χ0) is 14.0. The van der Waals surface area contributed by atoms with Gasteiger partial charge in [0, 0.05) is 12.5 Å². The van der Waals surface area contributed by atoms with Gasteiger partial charge in [-0.1, -0.05) is 6.92 Å². The smallest absolute Gasteiger partial charge is 0.305 e. The lowest BCUT2D eigenvalue weighted by Crippen LogP contribution is -2.43. The number of methoxy groups -OCH3 is 1. The number of carbonyl (C=O) groups is 2. The standard InChI is InChI=1S/C11H22N2O5/c1-4-9(11(12)15)13-6-8(7-18-17-3)5-10(14)16-2/h8-9,13H,4-7H2,1-3H3,(H2,12,15)/t8?,9-/m0/s1. The Balaban J connectivity index is 4.21. The minimum absolute atomic E-state index is 0.147. The second kappa shape index (κ2) is 9.81. The van der Waals surface area contributed by atoms with Crippen LogP contribution in [-0.4, -0.2) is 45.3 Å². The molecule has 0 bridgehead atoms. The molecule has 0 aliphatic rings. The van der Waals surface area contributed by atoms with E-state index in [1.807, 2.05) is 6.92 Å². The average Bonchev–Trinajstić information content (AvgIpc) is 2.35. The number of primary amides is 1. The molecular formula is C11H22N2O5. The van der Waals surface area contributed by atoms with Crippen molar-refractivity contribution in [3.8, 4) is 0 Å². The fourth-order valence-electron chi connectivity index (χ4n) is 1.43. The summed E-state index contributed by atoms with van der Waals surface area (Å²) in [6.07, 6.45) is 0.771. The number of esters is 1. The van der Waals surface area contributed by atoms with Crippen LogP contribution in [0.5, 0.6) is 0 Å². The monoisotopic (exact) mass is 262 g/mol. The Kier molecular flexibility index (Phi) is 9.17. The van der Waals surface area contributed by atoms with E-state index in [4.69, 9.17) is 10.6 Å². The Labute approximate surface area is 107 Å². The highest BCUT2D eigenvalue weighted by molar-refractivity contribution is 5.79. The molecule has 0 spiro atoms. The molecule has 1 amide bonds. The number of carbonyl (C=O) groups excluding carboxylic acids is 2. The van der Waals surface area contributed by atoms with E-state index >= 15 is 0 Å². The first kappa shape index (κ1) is 16.8. The molecule has 0 saturated heterocycles. The van der Waals surface area contributed by atoms with Crippen molar-refractivity contribution in [2.45, 2.75) is 25.8 Å². The van der Waals surface area contributed by atoms with Gasteiger partial charge in [0.1, 0.15) is 0 Å². The first-order chi connectivity index (χ1) is 8.54. The number of amides is 1. The largest absolute Gasteiger partial charge is 0.469 e. The summed E-state index contributed by atoms with van der Waals surface area (Å²) in [6, 6.07) is -0.410. The molecule has 0 fully saturated rings. The van der Waals surface area contributed by atoms with Gasteiger partial charge in [-0.2, -0.15) is 0 Å². The number of rotatable bonds is 10. The molecule has 7 nitrogen and oxygen atoms in total. The summed E-state index contributed by atoms with van der Waals surface area (Å²) >= 11 is 0. The van der Waals surface area contributed by atoms with Crippen LogP contribution in [0.15, 0.2) is 0 Å². The summed E-state index contributed by atoms with van der Waals surface area (Å²) in [4.78, 5) is 31.5. The molecule has 3 N–H and O–H groups in total. The molecule has 7 heteroatoms. The van der Waals surface area contributed by atoms with Crippen molar-refractivity contribution in [3.05, 3.63) is 0 Å².